The second-order valence-corrected chi connectivity index (χ2v) is 2.86. The number of alkyl halides is 2. The molecule has 3 nitrogen and oxygen atoms in total. The molecule has 2 N–H and O–H groups in total. The number of aromatic nitrogens is 1. The third kappa shape index (κ3) is 2.38. The summed E-state index contributed by atoms with van der Waals surface area (Å²) in [6.07, 6.45) is 2.11. The van der Waals surface area contributed by atoms with Crippen molar-refractivity contribution < 1.29 is 13.5 Å². The monoisotopic (exact) mass is 202 g/mol. The smallest absolute Gasteiger partial charge is 0.276 e. The summed E-state index contributed by atoms with van der Waals surface area (Å²) in [6.45, 7) is -0.0653. The van der Waals surface area contributed by atoms with Crippen molar-refractivity contribution in [1.29, 1.82) is 0 Å². The Balaban J connectivity index is 2.93. The highest BCUT2D eigenvalue weighted by Gasteiger charge is 2.31. The van der Waals surface area contributed by atoms with E-state index in [0.717, 1.165) is 6.20 Å². The summed E-state index contributed by atoms with van der Waals surface area (Å²) in [7, 11) is 1.40. The molecule has 1 aromatic rings. The van der Waals surface area contributed by atoms with Gasteiger partial charge in [0, 0.05) is 18.2 Å². The molecule has 0 unspecified atom stereocenters. The van der Waals surface area contributed by atoms with Crippen LogP contribution in [0.25, 0.3) is 0 Å². The van der Waals surface area contributed by atoms with Gasteiger partial charge < -0.3 is 10.5 Å². The van der Waals surface area contributed by atoms with E-state index in [1.165, 1.54) is 19.4 Å². The molecular weight excluding hydrogens is 190 g/mol. The molecule has 0 amide bonds. The quantitative estimate of drug-likeness (QED) is 0.805. The zero-order valence-electron chi connectivity index (χ0n) is 7.84. The second-order valence-electron chi connectivity index (χ2n) is 2.86. The highest BCUT2D eigenvalue weighted by Crippen LogP contribution is 2.32. The molecule has 0 aliphatic carbocycles. The summed E-state index contributed by atoms with van der Waals surface area (Å²) in [5.41, 5.74) is 4.93. The van der Waals surface area contributed by atoms with Gasteiger partial charge in [-0.05, 0) is 12.6 Å². The van der Waals surface area contributed by atoms with Gasteiger partial charge in [0.2, 0.25) is 0 Å². The van der Waals surface area contributed by atoms with Gasteiger partial charge in [-0.15, -0.1) is 0 Å². The lowest BCUT2D eigenvalue weighted by Crippen LogP contribution is -2.18. The fourth-order valence-corrected chi connectivity index (χ4v) is 1.06. The number of halogens is 2. The van der Waals surface area contributed by atoms with Gasteiger partial charge in [-0.2, -0.15) is 0 Å². The minimum Gasteiger partial charge on any atom is -0.495 e. The van der Waals surface area contributed by atoms with Gasteiger partial charge in [0.25, 0.3) is 5.92 Å². The van der Waals surface area contributed by atoms with Crippen LogP contribution in [0.3, 0.4) is 0 Å². The van der Waals surface area contributed by atoms with Crippen molar-refractivity contribution in [1.82, 2.24) is 4.98 Å². The number of nitrogens with two attached hydrogens (primary N) is 1. The number of hydrogen-bond acceptors (Lipinski definition) is 3. The van der Waals surface area contributed by atoms with Gasteiger partial charge in [-0.25, -0.2) is 8.78 Å². The Kier molecular flexibility index (Phi) is 3.35. The van der Waals surface area contributed by atoms with Crippen molar-refractivity contribution in [3.8, 4) is 5.75 Å². The van der Waals surface area contributed by atoms with E-state index in [9.17, 15) is 8.78 Å². The Bertz CT molecular complexity index is 305. The Labute approximate surface area is 80.9 Å². The summed E-state index contributed by atoms with van der Waals surface area (Å²) in [5, 5.41) is 0. The topological polar surface area (TPSA) is 48.1 Å². The van der Waals surface area contributed by atoms with E-state index in [1.807, 2.05) is 0 Å². The summed E-state index contributed by atoms with van der Waals surface area (Å²) in [5.74, 6) is -2.62. The molecular formula is C9H12F2N2O. The normalized spacial score (nSPS) is 11.4. The van der Waals surface area contributed by atoms with Crippen LogP contribution in [-0.4, -0.2) is 18.6 Å². The second kappa shape index (κ2) is 4.32. The van der Waals surface area contributed by atoms with E-state index in [0.29, 0.717) is 5.75 Å². The standard InChI is InChI=1S/C9H12F2N2O/c1-14-8-4-7(5-13-6-8)9(10,11)2-3-12/h4-6H,2-3,12H2,1H3. The summed E-state index contributed by atoms with van der Waals surface area (Å²) in [6, 6.07) is 1.27. The largest absolute Gasteiger partial charge is 0.495 e. The van der Waals surface area contributed by atoms with E-state index in [4.69, 9.17) is 10.5 Å². The molecule has 1 heterocycles. The minimum atomic E-state index is -2.93. The number of methoxy groups -OCH3 is 1. The average molecular weight is 202 g/mol. The van der Waals surface area contributed by atoms with Crippen molar-refractivity contribution >= 4 is 0 Å². The summed E-state index contributed by atoms with van der Waals surface area (Å²) < 4.78 is 31.4. The van der Waals surface area contributed by atoms with Gasteiger partial charge in [0.1, 0.15) is 5.75 Å². The molecule has 0 aliphatic heterocycles. The first kappa shape index (κ1) is 10.8. The molecule has 5 heteroatoms. The van der Waals surface area contributed by atoms with E-state index in [-0.39, 0.29) is 18.5 Å². The molecule has 0 atom stereocenters. The Morgan fingerprint density at radius 3 is 2.79 bits per heavy atom. The molecule has 0 radical (unpaired) electrons. The van der Waals surface area contributed by atoms with E-state index in [2.05, 4.69) is 4.98 Å². The maximum absolute atomic E-state index is 13.3. The molecule has 1 aromatic heterocycles. The van der Waals surface area contributed by atoms with Crippen LogP contribution in [-0.2, 0) is 5.92 Å². The molecule has 0 aromatic carbocycles. The average Bonchev–Trinajstić information content (AvgIpc) is 2.18. The van der Waals surface area contributed by atoms with Crippen LogP contribution in [0.15, 0.2) is 18.5 Å². The number of rotatable bonds is 4. The lowest BCUT2D eigenvalue weighted by molar-refractivity contribution is -0.0112. The number of hydrogen-bond donors (Lipinski definition) is 1. The third-order valence-electron chi connectivity index (χ3n) is 1.83. The van der Waals surface area contributed by atoms with Crippen LogP contribution in [0, 0.1) is 0 Å². The van der Waals surface area contributed by atoms with Gasteiger partial charge >= 0.3 is 0 Å². The molecule has 0 aliphatic rings. The highest BCUT2D eigenvalue weighted by molar-refractivity contribution is 5.26. The third-order valence-corrected chi connectivity index (χ3v) is 1.83. The van der Waals surface area contributed by atoms with Crippen LogP contribution < -0.4 is 10.5 Å². The van der Waals surface area contributed by atoms with E-state index in [1.54, 1.807) is 0 Å². The maximum atomic E-state index is 13.3. The molecule has 14 heavy (non-hydrogen) atoms. The first-order valence-electron chi connectivity index (χ1n) is 4.17. The number of nitrogens with zero attached hydrogens (tertiary/aromatic N) is 1. The molecule has 78 valence electrons. The zero-order chi connectivity index (χ0) is 10.6. The number of ether oxygens (including phenoxy) is 1. The maximum Gasteiger partial charge on any atom is 0.276 e. The lowest BCUT2D eigenvalue weighted by Gasteiger charge is -2.15. The van der Waals surface area contributed by atoms with E-state index >= 15 is 0 Å². The molecule has 0 spiro atoms. The van der Waals surface area contributed by atoms with Crippen molar-refractivity contribution in [3.05, 3.63) is 24.0 Å². The predicted molar refractivity (Wildman–Crippen MR) is 48.4 cm³/mol. The fourth-order valence-electron chi connectivity index (χ4n) is 1.06. The summed E-state index contributed by atoms with van der Waals surface area (Å²) in [4.78, 5) is 3.66. The zero-order valence-corrected chi connectivity index (χ0v) is 7.84. The Morgan fingerprint density at radius 1 is 1.50 bits per heavy atom. The molecule has 0 fully saturated rings. The molecule has 0 bridgehead atoms. The summed E-state index contributed by atoms with van der Waals surface area (Å²) >= 11 is 0. The van der Waals surface area contributed by atoms with Crippen LogP contribution in [0.5, 0.6) is 5.75 Å². The molecule has 1 rings (SSSR count). The molecule has 0 saturated heterocycles. The number of pyridine rings is 1. The van der Waals surface area contributed by atoms with Crippen LogP contribution in [0.2, 0.25) is 0 Å². The van der Waals surface area contributed by atoms with E-state index < -0.39 is 5.92 Å². The first-order chi connectivity index (χ1) is 6.60. The van der Waals surface area contributed by atoms with Crippen molar-refractivity contribution in [3.63, 3.8) is 0 Å². The lowest BCUT2D eigenvalue weighted by atomic mass is 10.1. The SMILES string of the molecule is COc1cncc(C(F)(F)CCN)c1. The molecule has 0 saturated carbocycles. The van der Waals surface area contributed by atoms with Crippen molar-refractivity contribution in [2.24, 2.45) is 5.73 Å². The van der Waals surface area contributed by atoms with Crippen LogP contribution in [0.1, 0.15) is 12.0 Å². The van der Waals surface area contributed by atoms with Gasteiger partial charge in [0.15, 0.2) is 0 Å². The first-order valence-corrected chi connectivity index (χ1v) is 4.17. The van der Waals surface area contributed by atoms with Crippen LogP contribution in [0.4, 0.5) is 8.78 Å². The van der Waals surface area contributed by atoms with Crippen molar-refractivity contribution in [2.45, 2.75) is 12.3 Å². The van der Waals surface area contributed by atoms with Gasteiger partial charge in [-0.1, -0.05) is 0 Å². The van der Waals surface area contributed by atoms with Crippen molar-refractivity contribution in [2.75, 3.05) is 13.7 Å². The van der Waals surface area contributed by atoms with Crippen LogP contribution >= 0.6 is 0 Å². The Hall–Kier alpha value is -1.23. The highest BCUT2D eigenvalue weighted by atomic mass is 19.3. The Morgan fingerprint density at radius 2 is 2.21 bits per heavy atom. The predicted octanol–water partition coefficient (Wildman–Crippen LogP) is 1.53. The minimum absolute atomic E-state index is 0.0653. The van der Waals surface area contributed by atoms with Gasteiger partial charge in [-0.3, -0.25) is 4.98 Å². The van der Waals surface area contributed by atoms with Gasteiger partial charge in [0.05, 0.1) is 13.3 Å². The fraction of sp³-hybridized carbons (Fsp3) is 0.444.